The fourth-order valence-electron chi connectivity index (χ4n) is 14.4. The Morgan fingerprint density at radius 1 is 0.233 bits per heavy atom. The molecule has 0 amide bonds. The van der Waals surface area contributed by atoms with E-state index >= 15 is 0 Å². The van der Waals surface area contributed by atoms with Crippen LogP contribution in [0.3, 0.4) is 0 Å². The maximum Gasteiger partial charge on any atom is 0.168 e. The van der Waals surface area contributed by atoms with Crippen molar-refractivity contribution in [3.63, 3.8) is 0 Å². The summed E-state index contributed by atoms with van der Waals surface area (Å²) in [6, 6.07) is 82.7. The molecule has 0 radical (unpaired) electrons. The van der Waals surface area contributed by atoms with E-state index in [1.165, 1.54) is 44.5 Å². The van der Waals surface area contributed by atoms with Crippen molar-refractivity contribution in [1.82, 2.24) is 38.2 Å². The van der Waals surface area contributed by atoms with Gasteiger partial charge in [-0.25, -0.2) is 15.0 Å². The van der Waals surface area contributed by atoms with Gasteiger partial charge in [-0.3, -0.25) is 4.98 Å². The molecule has 8 heteroatoms. The van der Waals surface area contributed by atoms with Crippen LogP contribution >= 0.6 is 0 Å². The summed E-state index contributed by atoms with van der Waals surface area (Å²) >= 11 is 0. The van der Waals surface area contributed by atoms with Crippen molar-refractivity contribution in [2.75, 3.05) is 0 Å². The third-order valence-electron chi connectivity index (χ3n) is 18.4. The van der Waals surface area contributed by atoms with Gasteiger partial charge in [0.25, 0.3) is 0 Å². The molecular weight excluding hydrogens is 1100 g/mol. The van der Waals surface area contributed by atoms with Gasteiger partial charge >= 0.3 is 0 Å². The molecule has 6 aromatic heterocycles. The number of benzene rings is 11. The third kappa shape index (κ3) is 8.14. The van der Waals surface area contributed by atoms with Gasteiger partial charge in [-0.05, 0) is 165 Å². The van der Waals surface area contributed by atoms with Crippen LogP contribution in [0.25, 0.3) is 155 Å². The molecule has 0 aliphatic rings. The molecule has 11 aromatic carbocycles. The molecule has 0 unspecified atom stereocenters. The predicted molar refractivity (Wildman–Crippen MR) is 375 cm³/mol. The van der Waals surface area contributed by atoms with E-state index in [2.05, 4.69) is 280 Å². The normalized spacial score (nSPS) is 12.0. The maximum atomic E-state index is 5.95. The van der Waals surface area contributed by atoms with Crippen molar-refractivity contribution in [3.8, 4) is 68.2 Å². The number of hydrogen-bond acceptors (Lipinski definition) is 4. The van der Waals surface area contributed by atoms with E-state index in [0.29, 0.717) is 17.5 Å². The molecular formula is C82H62N8. The van der Waals surface area contributed by atoms with Crippen LogP contribution in [0.15, 0.2) is 231 Å². The SMILES string of the molecule is Cc1ccc2c(c1)c1cc(C)ccc1n2-c1c(-c2ccccn2)c(-n2c3ccc(C)cc3c3cc(C)ccc32)c(-n2c3ccc(C)cc3c3cc(C)ccc32)c(-n2c3ccc(C)cc3c3cc(C)ccc32)c1-c1nc(-c2ccccc2)nc(-c2ccccc2)n1. The molecule has 0 aliphatic heterocycles. The van der Waals surface area contributed by atoms with Crippen molar-refractivity contribution < 1.29 is 0 Å². The Kier molecular flexibility index (Phi) is 11.9. The Bertz CT molecular complexity index is 5570. The first kappa shape index (κ1) is 53.1. The van der Waals surface area contributed by atoms with Crippen molar-refractivity contribution in [2.24, 2.45) is 0 Å². The number of nitrogens with zero attached hydrogens (tertiary/aromatic N) is 8. The van der Waals surface area contributed by atoms with Gasteiger partial charge < -0.3 is 18.3 Å². The molecule has 17 aromatic rings. The topological polar surface area (TPSA) is 71.3 Å². The molecule has 0 N–H and O–H groups in total. The van der Waals surface area contributed by atoms with E-state index in [1.54, 1.807) is 0 Å². The fraction of sp³-hybridized carbons (Fsp3) is 0.0976. The highest BCUT2D eigenvalue weighted by Crippen LogP contribution is 2.54. The molecule has 0 fully saturated rings. The van der Waals surface area contributed by atoms with Gasteiger partial charge in [0.1, 0.15) is 0 Å². The summed E-state index contributed by atoms with van der Waals surface area (Å²) in [5, 5.41) is 9.21. The van der Waals surface area contributed by atoms with Crippen molar-refractivity contribution in [2.45, 2.75) is 55.4 Å². The lowest BCUT2D eigenvalue weighted by Crippen LogP contribution is -2.17. The van der Waals surface area contributed by atoms with Crippen LogP contribution in [-0.4, -0.2) is 38.2 Å². The van der Waals surface area contributed by atoms with E-state index in [0.717, 1.165) is 138 Å². The van der Waals surface area contributed by atoms with E-state index in [1.807, 2.05) is 24.4 Å². The zero-order valence-electron chi connectivity index (χ0n) is 51.5. The highest BCUT2D eigenvalue weighted by molar-refractivity contribution is 6.19. The zero-order chi connectivity index (χ0) is 60.8. The third-order valence-corrected chi connectivity index (χ3v) is 18.4. The zero-order valence-corrected chi connectivity index (χ0v) is 51.5. The summed E-state index contributed by atoms with van der Waals surface area (Å²) in [7, 11) is 0. The minimum Gasteiger partial charge on any atom is -0.308 e. The van der Waals surface area contributed by atoms with E-state index in [4.69, 9.17) is 19.9 Å². The predicted octanol–water partition coefficient (Wildman–Crippen LogP) is 20.8. The molecule has 0 aliphatic carbocycles. The molecule has 0 atom stereocenters. The Morgan fingerprint density at radius 3 is 0.800 bits per heavy atom. The lowest BCUT2D eigenvalue weighted by atomic mass is 9.94. The second-order valence-electron chi connectivity index (χ2n) is 24.9. The summed E-state index contributed by atoms with van der Waals surface area (Å²) in [6.45, 7) is 17.6. The first-order chi connectivity index (χ1) is 43.9. The quantitative estimate of drug-likeness (QED) is 0.152. The van der Waals surface area contributed by atoms with E-state index < -0.39 is 0 Å². The highest BCUT2D eigenvalue weighted by atomic mass is 15.1. The lowest BCUT2D eigenvalue weighted by molar-refractivity contribution is 1.02. The first-order valence-electron chi connectivity index (χ1n) is 31.0. The Labute approximate surface area is 521 Å². The summed E-state index contributed by atoms with van der Waals surface area (Å²) in [6.07, 6.45) is 1.95. The minimum atomic E-state index is 0.502. The molecule has 0 saturated heterocycles. The van der Waals surface area contributed by atoms with E-state index in [9.17, 15) is 0 Å². The molecule has 8 nitrogen and oxygen atoms in total. The smallest absolute Gasteiger partial charge is 0.168 e. The van der Waals surface area contributed by atoms with Crippen molar-refractivity contribution >= 4 is 87.2 Å². The highest BCUT2D eigenvalue weighted by Gasteiger charge is 2.37. The van der Waals surface area contributed by atoms with Crippen molar-refractivity contribution in [3.05, 3.63) is 275 Å². The molecule has 0 spiro atoms. The van der Waals surface area contributed by atoms with Gasteiger partial charge in [0.05, 0.1) is 83.7 Å². The molecule has 17 rings (SSSR count). The van der Waals surface area contributed by atoms with E-state index in [-0.39, 0.29) is 0 Å². The average Bonchev–Trinajstić information content (AvgIpc) is 1.37. The largest absolute Gasteiger partial charge is 0.308 e. The average molecular weight is 1160 g/mol. The van der Waals surface area contributed by atoms with Crippen LogP contribution in [-0.2, 0) is 0 Å². The maximum absolute atomic E-state index is 5.95. The molecule has 430 valence electrons. The van der Waals surface area contributed by atoms with Gasteiger partial charge in [0, 0.05) is 60.4 Å². The van der Waals surface area contributed by atoms with Crippen molar-refractivity contribution in [1.29, 1.82) is 0 Å². The number of hydrogen-bond donors (Lipinski definition) is 0. The fourth-order valence-corrected chi connectivity index (χ4v) is 14.4. The summed E-state index contributed by atoms with van der Waals surface area (Å²) in [4.78, 5) is 23.0. The van der Waals surface area contributed by atoms with Crippen LogP contribution in [0.4, 0.5) is 0 Å². The Morgan fingerprint density at radius 2 is 0.500 bits per heavy atom. The van der Waals surface area contributed by atoms with Gasteiger partial charge in [-0.15, -0.1) is 0 Å². The van der Waals surface area contributed by atoms with Gasteiger partial charge in [0.2, 0.25) is 0 Å². The number of pyridine rings is 1. The second kappa shape index (κ2) is 20.2. The van der Waals surface area contributed by atoms with Crippen LogP contribution in [0.2, 0.25) is 0 Å². The number of aromatic nitrogens is 8. The summed E-state index contributed by atoms with van der Waals surface area (Å²) in [5.74, 6) is 1.61. The molecule has 6 heterocycles. The molecule has 90 heavy (non-hydrogen) atoms. The van der Waals surface area contributed by atoms with Gasteiger partial charge in [0.15, 0.2) is 17.5 Å². The van der Waals surface area contributed by atoms with Crippen LogP contribution in [0.5, 0.6) is 0 Å². The lowest BCUT2D eigenvalue weighted by Gasteiger charge is -2.30. The standard InChI is InChI=1S/C82H62N8/c1-47-22-30-66-57(39-47)58-40-48(2)23-31-67(58)87(66)76-74(65-21-15-16-38-83-65)77(88-68-32-24-49(3)41-59(68)60-42-50(4)25-33-69(60)88)79(90-72-36-28-53(7)45-63(72)64-46-54(8)29-37-73(64)90)78(89-70-34-26-51(5)43-61(70)62-44-52(6)27-35-71(62)89)75(76)82-85-80(55-17-11-9-12-18-55)84-81(86-82)56-19-13-10-14-20-56/h9-46H,1-8H3. The van der Waals surface area contributed by atoms with Gasteiger partial charge in [-0.2, -0.15) is 0 Å². The van der Waals surface area contributed by atoms with Crippen LogP contribution < -0.4 is 0 Å². The van der Waals surface area contributed by atoms with Crippen LogP contribution in [0, 0.1) is 55.4 Å². The number of aryl methyl sites for hydroxylation is 8. The van der Waals surface area contributed by atoms with Crippen LogP contribution in [0.1, 0.15) is 44.5 Å². The molecule has 0 saturated carbocycles. The van der Waals surface area contributed by atoms with Gasteiger partial charge in [-0.1, -0.05) is 160 Å². The Balaban J connectivity index is 1.27. The monoisotopic (exact) mass is 1160 g/mol. The molecule has 0 bridgehead atoms. The number of rotatable bonds is 8. The Hall–Kier alpha value is -11.2. The first-order valence-corrected chi connectivity index (χ1v) is 31.0. The summed E-state index contributed by atoms with van der Waals surface area (Å²) < 4.78 is 10.2. The minimum absolute atomic E-state index is 0.502. The number of fused-ring (bicyclic) bond motifs is 12. The summed E-state index contributed by atoms with van der Waals surface area (Å²) in [5.41, 5.74) is 25.7. The second-order valence-corrected chi connectivity index (χ2v) is 24.9.